The highest BCUT2D eigenvalue weighted by molar-refractivity contribution is 7.71. The predicted molar refractivity (Wildman–Crippen MR) is 87.9 cm³/mol. The highest BCUT2D eigenvalue weighted by Crippen LogP contribution is 2.30. The molecule has 1 aromatic heterocycles. The molecule has 0 radical (unpaired) electrons. The Labute approximate surface area is 136 Å². The van der Waals surface area contributed by atoms with Crippen LogP contribution in [0, 0.1) is 23.0 Å². The Morgan fingerprint density at radius 2 is 1.95 bits per heavy atom. The summed E-state index contributed by atoms with van der Waals surface area (Å²) in [7, 11) is 0. The van der Waals surface area contributed by atoms with Crippen molar-refractivity contribution in [2.45, 2.75) is 6.92 Å². The number of H-pyrrole nitrogens is 1. The number of hydrogen-bond acceptors (Lipinski definition) is 2. The molecule has 0 aliphatic heterocycles. The van der Waals surface area contributed by atoms with Gasteiger partial charge >= 0.3 is 0 Å². The van der Waals surface area contributed by atoms with E-state index in [2.05, 4.69) is 11.1 Å². The van der Waals surface area contributed by atoms with E-state index in [1.807, 2.05) is 25.1 Å². The molecule has 2 aromatic carbocycles. The Morgan fingerprint density at radius 1 is 1.24 bits per heavy atom. The molecule has 3 aromatic rings. The Hall–Kier alpha value is -1.80. The molecule has 0 fully saturated rings. The maximum atomic E-state index is 9.41. The van der Waals surface area contributed by atoms with Gasteiger partial charge in [0.25, 0.3) is 0 Å². The molecular weight excluding hydrogens is 325 g/mol. The van der Waals surface area contributed by atoms with Crippen molar-refractivity contribution >= 4 is 46.5 Å². The number of aromatic amines is 1. The van der Waals surface area contributed by atoms with Gasteiger partial charge in [-0.05, 0) is 42.9 Å². The smallest absolute Gasteiger partial charge is 0.182 e. The van der Waals surface area contributed by atoms with Crippen LogP contribution in [0.4, 0.5) is 0 Å². The fraction of sp³-hybridized carbons (Fsp3) is 0.0667. The average molecular weight is 334 g/mol. The summed E-state index contributed by atoms with van der Waals surface area (Å²) < 4.78 is 2.30. The molecule has 0 atom stereocenters. The van der Waals surface area contributed by atoms with Crippen LogP contribution in [-0.4, -0.2) is 9.55 Å². The van der Waals surface area contributed by atoms with Gasteiger partial charge < -0.3 is 4.98 Å². The zero-order chi connectivity index (χ0) is 15.1. The van der Waals surface area contributed by atoms with Crippen LogP contribution in [0.25, 0.3) is 16.7 Å². The van der Waals surface area contributed by atoms with Crippen molar-refractivity contribution in [3.8, 4) is 11.8 Å². The van der Waals surface area contributed by atoms with Crippen LogP contribution in [0.15, 0.2) is 30.3 Å². The molecule has 0 aliphatic rings. The zero-order valence-electron chi connectivity index (χ0n) is 10.9. The summed E-state index contributed by atoms with van der Waals surface area (Å²) in [4.78, 5) is 3.09. The molecule has 104 valence electrons. The van der Waals surface area contributed by atoms with Crippen LogP contribution in [0.2, 0.25) is 10.0 Å². The standard InChI is InChI=1S/C15H9Cl2N3S/c1-8-3-2-4-13(9(8)7-18)20-14-6-11(17)10(16)5-12(14)19-15(20)21/h2-6H,1H3,(H,19,21). The van der Waals surface area contributed by atoms with E-state index in [0.29, 0.717) is 20.4 Å². The van der Waals surface area contributed by atoms with Crippen LogP contribution in [0.5, 0.6) is 0 Å². The average Bonchev–Trinajstić information content (AvgIpc) is 2.74. The lowest BCUT2D eigenvalue weighted by Crippen LogP contribution is -1.99. The first kappa shape index (κ1) is 14.2. The van der Waals surface area contributed by atoms with E-state index in [4.69, 9.17) is 35.4 Å². The van der Waals surface area contributed by atoms with E-state index in [1.165, 1.54) is 0 Å². The first-order valence-electron chi connectivity index (χ1n) is 6.13. The summed E-state index contributed by atoms with van der Waals surface area (Å²) in [5.41, 5.74) is 3.77. The van der Waals surface area contributed by atoms with E-state index in [0.717, 1.165) is 22.3 Å². The minimum atomic E-state index is 0.443. The van der Waals surface area contributed by atoms with Crippen LogP contribution in [0.1, 0.15) is 11.1 Å². The Kier molecular flexibility index (Phi) is 3.50. The van der Waals surface area contributed by atoms with Crippen molar-refractivity contribution in [1.82, 2.24) is 9.55 Å². The number of rotatable bonds is 1. The van der Waals surface area contributed by atoms with Crippen molar-refractivity contribution in [1.29, 1.82) is 5.26 Å². The maximum Gasteiger partial charge on any atom is 0.182 e. The number of hydrogen-bond donors (Lipinski definition) is 1. The lowest BCUT2D eigenvalue weighted by Gasteiger charge is -2.09. The molecule has 1 heterocycles. The molecule has 21 heavy (non-hydrogen) atoms. The van der Waals surface area contributed by atoms with Crippen LogP contribution < -0.4 is 0 Å². The van der Waals surface area contributed by atoms with Gasteiger partial charge in [-0.3, -0.25) is 4.57 Å². The number of nitriles is 1. The summed E-state index contributed by atoms with van der Waals surface area (Å²) in [5.74, 6) is 0. The van der Waals surface area contributed by atoms with E-state index >= 15 is 0 Å². The first-order chi connectivity index (χ1) is 10.0. The number of benzene rings is 2. The van der Waals surface area contributed by atoms with E-state index in [1.54, 1.807) is 16.7 Å². The fourth-order valence-electron chi connectivity index (χ4n) is 2.33. The van der Waals surface area contributed by atoms with E-state index < -0.39 is 0 Å². The monoisotopic (exact) mass is 333 g/mol. The second-order valence-electron chi connectivity index (χ2n) is 4.63. The Morgan fingerprint density at radius 3 is 2.67 bits per heavy atom. The van der Waals surface area contributed by atoms with Gasteiger partial charge in [0.2, 0.25) is 0 Å². The van der Waals surface area contributed by atoms with Gasteiger partial charge in [0.1, 0.15) is 6.07 Å². The van der Waals surface area contributed by atoms with Crippen molar-refractivity contribution in [3.63, 3.8) is 0 Å². The number of nitrogens with one attached hydrogen (secondary N) is 1. The second-order valence-corrected chi connectivity index (χ2v) is 5.83. The fourth-order valence-corrected chi connectivity index (χ4v) is 2.95. The maximum absolute atomic E-state index is 9.41. The van der Waals surface area contributed by atoms with Gasteiger partial charge in [0.15, 0.2) is 4.77 Å². The molecule has 0 bridgehead atoms. The molecular formula is C15H9Cl2N3S. The number of imidazole rings is 1. The molecule has 0 saturated heterocycles. The van der Waals surface area contributed by atoms with Gasteiger partial charge in [0.05, 0.1) is 32.3 Å². The largest absolute Gasteiger partial charge is 0.330 e. The summed E-state index contributed by atoms with van der Waals surface area (Å²) in [6, 6.07) is 11.3. The van der Waals surface area contributed by atoms with Crippen molar-refractivity contribution < 1.29 is 0 Å². The van der Waals surface area contributed by atoms with Gasteiger partial charge in [0, 0.05) is 0 Å². The van der Waals surface area contributed by atoms with Gasteiger partial charge in [-0.1, -0.05) is 35.3 Å². The van der Waals surface area contributed by atoms with Gasteiger partial charge in [-0.25, -0.2) is 0 Å². The topological polar surface area (TPSA) is 44.5 Å². The van der Waals surface area contributed by atoms with Gasteiger partial charge in [-0.2, -0.15) is 5.26 Å². The lowest BCUT2D eigenvalue weighted by atomic mass is 10.1. The van der Waals surface area contributed by atoms with E-state index in [9.17, 15) is 5.26 Å². The lowest BCUT2D eigenvalue weighted by molar-refractivity contribution is 1.05. The summed E-state index contributed by atoms with van der Waals surface area (Å²) in [5, 5.41) is 10.3. The van der Waals surface area contributed by atoms with Gasteiger partial charge in [-0.15, -0.1) is 0 Å². The third-order valence-electron chi connectivity index (χ3n) is 3.33. The molecule has 6 heteroatoms. The third-order valence-corrected chi connectivity index (χ3v) is 4.33. The quantitative estimate of drug-likeness (QED) is 0.624. The first-order valence-corrected chi connectivity index (χ1v) is 7.29. The molecule has 1 N–H and O–H groups in total. The Bertz CT molecular complexity index is 963. The molecule has 3 nitrogen and oxygen atoms in total. The molecule has 0 unspecified atom stereocenters. The minimum absolute atomic E-state index is 0.443. The number of nitrogens with zero attached hydrogens (tertiary/aromatic N) is 2. The molecule has 0 spiro atoms. The predicted octanol–water partition coefficient (Wildman–Crippen LogP) is 5.17. The molecule has 3 rings (SSSR count). The number of fused-ring (bicyclic) bond motifs is 1. The highest BCUT2D eigenvalue weighted by atomic mass is 35.5. The summed E-state index contributed by atoms with van der Waals surface area (Å²) >= 11 is 17.5. The third kappa shape index (κ3) is 2.24. The number of aromatic nitrogens is 2. The molecule has 0 saturated carbocycles. The SMILES string of the molecule is Cc1cccc(-n2c(=S)[nH]c3cc(Cl)c(Cl)cc32)c1C#N. The number of aryl methyl sites for hydroxylation is 1. The number of halogens is 2. The van der Waals surface area contributed by atoms with Crippen molar-refractivity contribution in [3.05, 3.63) is 56.3 Å². The van der Waals surface area contributed by atoms with Crippen molar-refractivity contribution in [2.24, 2.45) is 0 Å². The Balaban J connectivity index is 2.44. The zero-order valence-corrected chi connectivity index (χ0v) is 13.3. The normalized spacial score (nSPS) is 10.8. The van der Waals surface area contributed by atoms with E-state index in [-0.39, 0.29) is 0 Å². The summed E-state index contributed by atoms with van der Waals surface area (Å²) in [6.45, 7) is 1.89. The van der Waals surface area contributed by atoms with Crippen LogP contribution >= 0.6 is 35.4 Å². The van der Waals surface area contributed by atoms with Crippen LogP contribution in [0.3, 0.4) is 0 Å². The van der Waals surface area contributed by atoms with Crippen LogP contribution in [-0.2, 0) is 0 Å². The molecule has 0 aliphatic carbocycles. The second kappa shape index (κ2) is 5.19. The highest BCUT2D eigenvalue weighted by Gasteiger charge is 2.13. The molecule has 0 amide bonds. The summed E-state index contributed by atoms with van der Waals surface area (Å²) in [6.07, 6.45) is 0. The van der Waals surface area contributed by atoms with Crippen molar-refractivity contribution in [2.75, 3.05) is 0 Å². The minimum Gasteiger partial charge on any atom is -0.330 e.